The molecule has 0 saturated carbocycles. The van der Waals surface area contributed by atoms with Gasteiger partial charge in [-0.3, -0.25) is 4.79 Å². The fraction of sp³-hybridized carbons (Fsp3) is 0.227. The summed E-state index contributed by atoms with van der Waals surface area (Å²) in [5.74, 6) is 1.02. The van der Waals surface area contributed by atoms with Gasteiger partial charge in [-0.15, -0.1) is 0 Å². The van der Waals surface area contributed by atoms with Crippen molar-refractivity contribution in [1.29, 1.82) is 0 Å². The summed E-state index contributed by atoms with van der Waals surface area (Å²) >= 11 is 0. The zero-order chi connectivity index (χ0) is 20.7. The summed E-state index contributed by atoms with van der Waals surface area (Å²) in [4.78, 5) is 13.3. The molecule has 0 bridgehead atoms. The van der Waals surface area contributed by atoms with Crippen LogP contribution in [0.25, 0.3) is 0 Å². The first-order valence-electron chi connectivity index (χ1n) is 9.64. The molecule has 0 spiro atoms. The lowest BCUT2D eigenvalue weighted by molar-refractivity contribution is -0.116. The maximum atomic E-state index is 14.6. The highest BCUT2D eigenvalue weighted by molar-refractivity contribution is 6.00. The van der Waals surface area contributed by atoms with Gasteiger partial charge in [-0.05, 0) is 46.4 Å². The predicted octanol–water partition coefficient (Wildman–Crippen LogP) is 4.20. The van der Waals surface area contributed by atoms with Gasteiger partial charge in [0.15, 0.2) is 5.78 Å². The van der Waals surface area contributed by atoms with Crippen LogP contribution < -0.4 is 15.4 Å². The Morgan fingerprint density at radius 2 is 1.83 bits per heavy atom. The van der Waals surface area contributed by atoms with E-state index in [1.54, 1.807) is 25.3 Å². The molecule has 2 atom stereocenters. The summed E-state index contributed by atoms with van der Waals surface area (Å²) in [6.45, 7) is 0. The minimum atomic E-state index is -0.689. The minimum Gasteiger partial charge on any atom is -0.497 e. The molecule has 5 rings (SSSR count). The average molecular weight is 406 g/mol. The van der Waals surface area contributed by atoms with E-state index in [2.05, 4.69) is 20.9 Å². The van der Waals surface area contributed by atoms with Crippen LogP contribution in [0.5, 0.6) is 5.75 Å². The smallest absolute Gasteiger partial charge is 0.219 e. The quantitative estimate of drug-likeness (QED) is 0.674. The van der Waals surface area contributed by atoms with E-state index < -0.39 is 11.9 Å². The number of carbonyl (C=O) groups is 1. The molecule has 1 aliphatic heterocycles. The van der Waals surface area contributed by atoms with Gasteiger partial charge in [-0.1, -0.05) is 30.3 Å². The Labute approximate surface area is 171 Å². The van der Waals surface area contributed by atoms with E-state index in [9.17, 15) is 9.18 Å². The van der Waals surface area contributed by atoms with Crippen LogP contribution in [0.15, 0.2) is 64.4 Å². The first-order chi connectivity index (χ1) is 14.6. The molecule has 1 aromatic heterocycles. The summed E-state index contributed by atoms with van der Waals surface area (Å²) in [5, 5.41) is 14.1. The molecule has 0 saturated heterocycles. The zero-order valence-corrected chi connectivity index (χ0v) is 16.2. The van der Waals surface area contributed by atoms with Gasteiger partial charge in [-0.25, -0.2) is 9.02 Å². The average Bonchev–Trinajstić information content (AvgIpc) is 3.13. The molecule has 0 amide bonds. The third kappa shape index (κ3) is 3.10. The summed E-state index contributed by atoms with van der Waals surface area (Å²) in [6, 6.07) is 13.4. The van der Waals surface area contributed by atoms with Gasteiger partial charge in [0.2, 0.25) is 11.6 Å². The highest BCUT2D eigenvalue weighted by Gasteiger charge is 2.38. The third-order valence-electron chi connectivity index (χ3n) is 5.64. The molecule has 2 aliphatic rings. The second kappa shape index (κ2) is 7.29. The minimum absolute atomic E-state index is 0.0164. The molecule has 2 aromatic carbocycles. The molecular weight excluding hydrogens is 387 g/mol. The van der Waals surface area contributed by atoms with Crippen molar-refractivity contribution in [2.24, 2.45) is 0 Å². The standard InChI is InChI=1S/C22H19FN4O3/c1-29-14-8-6-12(7-9-14)13-10-17-19(18(28)11-13)20(15-4-2-3-5-16(15)23)25-22-21(24-17)26-30-27-22/h2-9,13,20H,10-11H2,1H3,(H,24,26)(H,25,27). The second-order valence-corrected chi connectivity index (χ2v) is 7.38. The van der Waals surface area contributed by atoms with Crippen molar-refractivity contribution in [1.82, 2.24) is 10.3 Å². The highest BCUT2D eigenvalue weighted by atomic mass is 19.1. The maximum Gasteiger partial charge on any atom is 0.219 e. The van der Waals surface area contributed by atoms with E-state index in [1.807, 2.05) is 24.3 Å². The number of aromatic nitrogens is 2. The summed E-state index contributed by atoms with van der Waals surface area (Å²) in [6.07, 6.45) is 0.904. The Bertz CT molecular complexity index is 1140. The van der Waals surface area contributed by atoms with Crippen molar-refractivity contribution in [3.63, 3.8) is 0 Å². The van der Waals surface area contributed by atoms with Crippen LogP contribution in [-0.4, -0.2) is 23.2 Å². The molecule has 7 nitrogen and oxygen atoms in total. The molecule has 1 aliphatic carbocycles. The first kappa shape index (κ1) is 18.4. The van der Waals surface area contributed by atoms with Crippen molar-refractivity contribution < 1.29 is 18.6 Å². The highest BCUT2D eigenvalue weighted by Crippen LogP contribution is 2.43. The van der Waals surface area contributed by atoms with Gasteiger partial charge < -0.3 is 15.4 Å². The number of ether oxygens (including phenoxy) is 1. The monoisotopic (exact) mass is 406 g/mol. The number of benzene rings is 2. The zero-order valence-electron chi connectivity index (χ0n) is 16.2. The van der Waals surface area contributed by atoms with Gasteiger partial charge in [0.05, 0.1) is 13.2 Å². The number of rotatable bonds is 3. The lowest BCUT2D eigenvalue weighted by Gasteiger charge is -2.29. The van der Waals surface area contributed by atoms with Crippen LogP contribution >= 0.6 is 0 Å². The van der Waals surface area contributed by atoms with Crippen molar-refractivity contribution in [2.45, 2.75) is 24.8 Å². The molecule has 8 heteroatoms. The molecule has 2 N–H and O–H groups in total. The van der Waals surface area contributed by atoms with Gasteiger partial charge in [0.25, 0.3) is 0 Å². The molecule has 152 valence electrons. The number of Topliss-reactive ketones (excluding diaryl/α,β-unsaturated/α-hetero) is 1. The number of hydrogen-bond acceptors (Lipinski definition) is 7. The molecule has 3 aromatic rings. The molecule has 0 radical (unpaired) electrons. The van der Waals surface area contributed by atoms with Gasteiger partial charge in [0, 0.05) is 23.3 Å². The number of anilines is 2. The van der Waals surface area contributed by atoms with E-state index in [1.165, 1.54) is 6.07 Å². The van der Waals surface area contributed by atoms with E-state index in [0.29, 0.717) is 41.3 Å². The lowest BCUT2D eigenvalue weighted by Crippen LogP contribution is -2.27. The predicted molar refractivity (Wildman–Crippen MR) is 108 cm³/mol. The van der Waals surface area contributed by atoms with Crippen LogP contribution in [0.1, 0.15) is 35.9 Å². The number of methoxy groups -OCH3 is 1. The fourth-order valence-electron chi connectivity index (χ4n) is 4.16. The maximum absolute atomic E-state index is 14.6. The van der Waals surface area contributed by atoms with Crippen molar-refractivity contribution in [3.05, 3.63) is 76.7 Å². The normalized spacial score (nSPS) is 20.5. The van der Waals surface area contributed by atoms with Crippen LogP contribution in [0.2, 0.25) is 0 Å². The summed E-state index contributed by atoms with van der Waals surface area (Å²) in [7, 11) is 1.62. The molecule has 30 heavy (non-hydrogen) atoms. The third-order valence-corrected chi connectivity index (χ3v) is 5.64. The van der Waals surface area contributed by atoms with Crippen LogP contribution in [0, 0.1) is 5.82 Å². The largest absolute Gasteiger partial charge is 0.497 e. The number of fused-ring (bicyclic) bond motifs is 1. The number of allylic oxidation sites excluding steroid dienone is 1. The first-order valence-corrected chi connectivity index (χ1v) is 9.64. The SMILES string of the molecule is COc1ccc(C2CC(=O)C3=C(C2)Nc2nonc2NC3c2ccccc2F)cc1. The Morgan fingerprint density at radius 3 is 2.60 bits per heavy atom. The number of halogens is 1. The van der Waals surface area contributed by atoms with Crippen LogP contribution in [0.4, 0.5) is 16.0 Å². The summed E-state index contributed by atoms with van der Waals surface area (Å²) in [5.41, 5.74) is 2.61. The van der Waals surface area contributed by atoms with Gasteiger partial charge in [0.1, 0.15) is 11.6 Å². The topological polar surface area (TPSA) is 89.3 Å². The Hall–Kier alpha value is -3.68. The number of carbonyl (C=O) groups excluding carboxylic acids is 1. The Morgan fingerprint density at radius 1 is 1.07 bits per heavy atom. The van der Waals surface area contributed by atoms with Gasteiger partial charge in [-0.2, -0.15) is 0 Å². The fourth-order valence-corrected chi connectivity index (χ4v) is 4.16. The van der Waals surface area contributed by atoms with E-state index in [4.69, 9.17) is 9.37 Å². The number of hydrogen-bond donors (Lipinski definition) is 2. The van der Waals surface area contributed by atoms with E-state index >= 15 is 0 Å². The van der Waals surface area contributed by atoms with E-state index in [0.717, 1.165) is 11.3 Å². The van der Waals surface area contributed by atoms with Crippen molar-refractivity contribution >= 4 is 17.4 Å². The molecule has 2 heterocycles. The molecular formula is C22H19FN4O3. The van der Waals surface area contributed by atoms with Crippen LogP contribution in [-0.2, 0) is 4.79 Å². The van der Waals surface area contributed by atoms with Gasteiger partial charge >= 0.3 is 0 Å². The van der Waals surface area contributed by atoms with Crippen molar-refractivity contribution in [2.75, 3.05) is 17.7 Å². The number of nitrogens with zero attached hydrogens (tertiary/aromatic N) is 2. The molecule has 2 unspecified atom stereocenters. The second-order valence-electron chi connectivity index (χ2n) is 7.38. The Kier molecular flexibility index (Phi) is 4.46. The summed E-state index contributed by atoms with van der Waals surface area (Å²) < 4.78 is 24.7. The molecule has 0 fully saturated rings. The van der Waals surface area contributed by atoms with E-state index in [-0.39, 0.29) is 11.7 Å². The number of nitrogens with one attached hydrogen (secondary N) is 2. The van der Waals surface area contributed by atoms with Crippen LogP contribution in [0.3, 0.4) is 0 Å². The Balaban J connectivity index is 1.58. The number of ketones is 1. The lowest BCUT2D eigenvalue weighted by atomic mass is 9.78. The van der Waals surface area contributed by atoms with Crippen molar-refractivity contribution in [3.8, 4) is 5.75 Å².